The number of hydrogen-bond donors (Lipinski definition) is 1. The molecule has 0 aliphatic carbocycles. The Morgan fingerprint density at radius 3 is 2.62 bits per heavy atom. The smallest absolute Gasteiger partial charge is 0.0592 e. The monoisotopic (exact) mass is 116 g/mol. The lowest BCUT2D eigenvalue weighted by molar-refractivity contribution is 0.252. The van der Waals surface area contributed by atoms with Crippen LogP contribution in [0.1, 0.15) is 6.92 Å². The molecule has 0 fully saturated rings. The lowest BCUT2D eigenvalue weighted by Crippen LogP contribution is -2.24. The van der Waals surface area contributed by atoms with Gasteiger partial charge < -0.3 is 0 Å². The lowest BCUT2D eigenvalue weighted by Gasteiger charge is -2.06. The molecule has 4 heteroatoms. The Morgan fingerprint density at radius 2 is 2.25 bits per heavy atom. The van der Waals surface area contributed by atoms with Gasteiger partial charge in [0.25, 0.3) is 0 Å². The van der Waals surface area contributed by atoms with Crippen LogP contribution in [0.25, 0.3) is 0 Å². The van der Waals surface area contributed by atoms with Gasteiger partial charge in [0.05, 0.1) is 6.54 Å². The molecule has 0 amide bonds. The zero-order valence-corrected chi connectivity index (χ0v) is 5.55. The molecule has 0 aliphatic rings. The Bertz CT molecular complexity index is 70.4. The average Bonchev–Trinajstić information content (AvgIpc) is 1.83. The Balaban J connectivity index is 3.21. The molecule has 0 radical (unpaired) electrons. The Kier molecular flexibility index (Phi) is 4.16. The summed E-state index contributed by atoms with van der Waals surface area (Å²) in [6.07, 6.45) is 0. The molecule has 0 unspecified atom stereocenters. The predicted octanol–water partition coefficient (Wildman–Crippen LogP) is 0.440. The molecule has 0 aliphatic heterocycles. The first-order valence-corrected chi connectivity index (χ1v) is 2.59. The van der Waals surface area contributed by atoms with Crippen LogP contribution in [0.2, 0.25) is 0 Å². The maximum atomic E-state index is 3.73. The van der Waals surface area contributed by atoms with Crippen LogP contribution in [-0.4, -0.2) is 25.8 Å². The fraction of sp³-hybridized carbons (Fsp3) is 1.00. The van der Waals surface area contributed by atoms with Gasteiger partial charge in [-0.25, -0.2) is 10.5 Å². The summed E-state index contributed by atoms with van der Waals surface area (Å²) in [7, 11) is 3.58. The molecule has 8 heavy (non-hydrogen) atoms. The van der Waals surface area contributed by atoms with Crippen LogP contribution in [0.15, 0.2) is 10.3 Å². The third-order valence-electron chi connectivity index (χ3n) is 0.662. The maximum absolute atomic E-state index is 3.73. The summed E-state index contributed by atoms with van der Waals surface area (Å²) < 4.78 is 0. The highest BCUT2D eigenvalue weighted by atomic mass is 15.7. The molecule has 4 nitrogen and oxygen atoms in total. The van der Waals surface area contributed by atoms with Gasteiger partial charge in [-0.15, -0.1) is 0 Å². The van der Waals surface area contributed by atoms with Crippen molar-refractivity contribution in [2.24, 2.45) is 10.3 Å². The Morgan fingerprint density at radius 1 is 1.62 bits per heavy atom. The molecule has 0 aromatic heterocycles. The molecule has 0 saturated heterocycles. The fourth-order valence-electron chi connectivity index (χ4n) is 0.203. The molecule has 48 valence electrons. The van der Waals surface area contributed by atoms with Crippen molar-refractivity contribution in [3.05, 3.63) is 0 Å². The average molecular weight is 116 g/mol. The lowest BCUT2D eigenvalue weighted by atomic mass is 10.8. The molecule has 0 aromatic rings. The normalized spacial score (nSPS) is 10.4. The third kappa shape index (κ3) is 3.55. The first-order valence-electron chi connectivity index (χ1n) is 2.59. The van der Waals surface area contributed by atoms with Gasteiger partial charge in [-0.3, -0.25) is 0 Å². The summed E-state index contributed by atoms with van der Waals surface area (Å²) in [5.41, 5.74) is 2.77. The molecule has 1 N–H and O–H groups in total. The summed E-state index contributed by atoms with van der Waals surface area (Å²) in [6.45, 7) is 2.67. The summed E-state index contributed by atoms with van der Waals surface area (Å²) in [5, 5.41) is 8.98. The predicted molar refractivity (Wildman–Crippen MR) is 32.2 cm³/mol. The van der Waals surface area contributed by atoms with Gasteiger partial charge in [0.2, 0.25) is 0 Å². The maximum Gasteiger partial charge on any atom is 0.0592 e. The van der Waals surface area contributed by atoms with E-state index in [1.165, 1.54) is 0 Å². The summed E-state index contributed by atoms with van der Waals surface area (Å²) in [5.74, 6) is 0. The van der Waals surface area contributed by atoms with Crippen LogP contribution < -0.4 is 5.43 Å². The summed E-state index contributed by atoms with van der Waals surface area (Å²) in [6, 6.07) is 0. The molecule has 0 heterocycles. The zero-order valence-electron chi connectivity index (χ0n) is 5.55. The van der Waals surface area contributed by atoms with Crippen molar-refractivity contribution in [2.45, 2.75) is 6.92 Å². The van der Waals surface area contributed by atoms with Gasteiger partial charge >= 0.3 is 0 Å². The standard InChI is InChI=1S/C4H12N4/c1-4-6-7-8(3)5-2/h5H,4H2,1-3H3. The molecule has 0 atom stereocenters. The van der Waals surface area contributed by atoms with E-state index in [4.69, 9.17) is 0 Å². The molecule has 0 rings (SSSR count). The van der Waals surface area contributed by atoms with Gasteiger partial charge in [0.15, 0.2) is 0 Å². The number of hydrogen-bond acceptors (Lipinski definition) is 3. The van der Waals surface area contributed by atoms with E-state index in [0.29, 0.717) is 0 Å². The molecule has 0 aromatic carbocycles. The quantitative estimate of drug-likeness (QED) is 0.429. The van der Waals surface area contributed by atoms with Crippen LogP contribution in [0, 0.1) is 0 Å². The van der Waals surface area contributed by atoms with E-state index in [2.05, 4.69) is 15.8 Å². The van der Waals surface area contributed by atoms with Gasteiger partial charge in [-0.05, 0) is 6.92 Å². The van der Waals surface area contributed by atoms with Crippen molar-refractivity contribution in [1.82, 2.24) is 10.5 Å². The van der Waals surface area contributed by atoms with E-state index in [1.54, 1.807) is 19.2 Å². The summed E-state index contributed by atoms with van der Waals surface area (Å²) in [4.78, 5) is 0. The highest BCUT2D eigenvalue weighted by molar-refractivity contribution is 4.22. The van der Waals surface area contributed by atoms with Crippen LogP contribution in [0.3, 0.4) is 0 Å². The first kappa shape index (κ1) is 7.36. The highest BCUT2D eigenvalue weighted by Gasteiger charge is 1.78. The minimum absolute atomic E-state index is 0.728. The van der Waals surface area contributed by atoms with Gasteiger partial charge in [0.1, 0.15) is 0 Å². The van der Waals surface area contributed by atoms with Gasteiger partial charge in [0, 0.05) is 14.1 Å². The molecule has 0 bridgehead atoms. The van der Waals surface area contributed by atoms with Crippen molar-refractivity contribution in [2.75, 3.05) is 20.6 Å². The van der Waals surface area contributed by atoms with Crippen molar-refractivity contribution < 1.29 is 0 Å². The van der Waals surface area contributed by atoms with E-state index in [1.807, 2.05) is 6.92 Å². The number of hydrazine groups is 1. The zero-order chi connectivity index (χ0) is 6.41. The van der Waals surface area contributed by atoms with E-state index in [-0.39, 0.29) is 0 Å². The second-order valence-corrected chi connectivity index (χ2v) is 1.29. The van der Waals surface area contributed by atoms with Crippen LogP contribution in [0.4, 0.5) is 0 Å². The van der Waals surface area contributed by atoms with Crippen LogP contribution >= 0.6 is 0 Å². The van der Waals surface area contributed by atoms with Gasteiger partial charge in [-0.1, -0.05) is 5.22 Å². The van der Waals surface area contributed by atoms with Crippen molar-refractivity contribution >= 4 is 0 Å². The number of rotatable bonds is 3. The minimum atomic E-state index is 0.728. The van der Waals surface area contributed by atoms with E-state index >= 15 is 0 Å². The first-order chi connectivity index (χ1) is 3.81. The SMILES string of the molecule is CCN=NN(C)NC. The Hall–Kier alpha value is -0.640. The number of nitrogens with one attached hydrogen (secondary N) is 1. The van der Waals surface area contributed by atoms with Crippen molar-refractivity contribution in [3.8, 4) is 0 Å². The largest absolute Gasteiger partial charge is 0.220 e. The van der Waals surface area contributed by atoms with E-state index in [9.17, 15) is 0 Å². The van der Waals surface area contributed by atoms with E-state index < -0.39 is 0 Å². The summed E-state index contributed by atoms with van der Waals surface area (Å²) >= 11 is 0. The Labute approximate surface area is 49.5 Å². The van der Waals surface area contributed by atoms with Gasteiger partial charge in [-0.2, -0.15) is 5.11 Å². The molecule has 0 spiro atoms. The fourth-order valence-corrected chi connectivity index (χ4v) is 0.203. The second-order valence-electron chi connectivity index (χ2n) is 1.29. The van der Waals surface area contributed by atoms with Crippen molar-refractivity contribution in [1.29, 1.82) is 0 Å². The topological polar surface area (TPSA) is 40.0 Å². The van der Waals surface area contributed by atoms with Crippen molar-refractivity contribution in [3.63, 3.8) is 0 Å². The number of nitrogens with zero attached hydrogens (tertiary/aromatic N) is 3. The molecular formula is C4H12N4. The minimum Gasteiger partial charge on any atom is -0.220 e. The third-order valence-corrected chi connectivity index (χ3v) is 0.662. The van der Waals surface area contributed by atoms with Crippen LogP contribution in [-0.2, 0) is 0 Å². The second kappa shape index (κ2) is 4.52. The molecular weight excluding hydrogens is 104 g/mol. The van der Waals surface area contributed by atoms with E-state index in [0.717, 1.165) is 6.54 Å². The highest BCUT2D eigenvalue weighted by Crippen LogP contribution is 1.76. The van der Waals surface area contributed by atoms with Crippen LogP contribution in [0.5, 0.6) is 0 Å². The molecule has 0 saturated carbocycles.